The smallest absolute Gasteiger partial charge is 0.416 e. The van der Waals surface area contributed by atoms with Crippen LogP contribution in [0.4, 0.5) is 18.0 Å². The molecule has 0 saturated carbocycles. The van der Waals surface area contributed by atoms with E-state index in [4.69, 9.17) is 16.0 Å². The van der Waals surface area contributed by atoms with Crippen molar-refractivity contribution >= 4 is 23.9 Å². The van der Waals surface area contributed by atoms with Gasteiger partial charge in [-0.15, -0.1) is 0 Å². The van der Waals surface area contributed by atoms with Crippen LogP contribution in [0.25, 0.3) is 4.85 Å². The average molecular weight is 669 g/mol. The van der Waals surface area contributed by atoms with Gasteiger partial charge >= 0.3 is 24.4 Å². The van der Waals surface area contributed by atoms with E-state index in [1.807, 2.05) is 18.2 Å². The van der Waals surface area contributed by atoms with Crippen LogP contribution in [-0.2, 0) is 31.8 Å². The van der Waals surface area contributed by atoms with Gasteiger partial charge in [0.15, 0.2) is 0 Å². The van der Waals surface area contributed by atoms with Crippen LogP contribution < -0.4 is 5.32 Å². The molecular formula is C35H39F3N4O6. The highest BCUT2D eigenvalue weighted by Gasteiger charge is 2.52. The van der Waals surface area contributed by atoms with Crippen LogP contribution in [0.5, 0.6) is 0 Å². The largest absolute Gasteiger partial charge is 0.459 e. The Morgan fingerprint density at radius 2 is 1.54 bits per heavy atom. The molecule has 256 valence electrons. The van der Waals surface area contributed by atoms with E-state index in [1.165, 1.54) is 17.0 Å². The number of nitrogens with zero attached hydrogens (tertiary/aromatic N) is 3. The first-order chi connectivity index (χ1) is 22.7. The number of piperidine rings is 1. The first kappa shape index (κ1) is 34.7. The van der Waals surface area contributed by atoms with Crippen molar-refractivity contribution < 1.29 is 41.8 Å². The molecule has 48 heavy (non-hydrogen) atoms. The van der Waals surface area contributed by atoms with Crippen molar-refractivity contribution in [1.29, 1.82) is 0 Å². The number of ether oxygens (including phenoxy) is 2. The SMILES string of the molecule is [C-]#[N+][C@H]1CC[C@@H](C(=O)OCc2ccccc2)N1C(=O)[C@@H](NC(=O)OC(C)(C)C)C1CC2CCC(C1)N2C(=O)c1ccc(C(F)(F)F)cc1. The Hall–Kier alpha value is -4.60. The van der Waals surface area contributed by atoms with Crippen LogP contribution in [0.2, 0.25) is 0 Å². The van der Waals surface area contributed by atoms with Crippen LogP contribution >= 0.6 is 0 Å². The highest BCUT2D eigenvalue weighted by Crippen LogP contribution is 2.42. The van der Waals surface area contributed by atoms with Gasteiger partial charge in [0.25, 0.3) is 11.8 Å². The Kier molecular flexibility index (Phi) is 10.0. The van der Waals surface area contributed by atoms with Crippen LogP contribution in [0.3, 0.4) is 0 Å². The molecule has 10 nitrogen and oxygen atoms in total. The Morgan fingerprint density at radius 3 is 2.10 bits per heavy atom. The molecule has 0 spiro atoms. The van der Waals surface area contributed by atoms with Gasteiger partial charge in [-0.1, -0.05) is 30.3 Å². The third-order valence-electron chi connectivity index (χ3n) is 9.13. The lowest BCUT2D eigenvalue weighted by molar-refractivity contribution is -0.156. The second kappa shape index (κ2) is 13.9. The van der Waals surface area contributed by atoms with E-state index in [-0.39, 0.29) is 37.1 Å². The summed E-state index contributed by atoms with van der Waals surface area (Å²) < 4.78 is 50.4. The summed E-state index contributed by atoms with van der Waals surface area (Å²) in [6.45, 7) is 12.8. The maximum Gasteiger partial charge on any atom is 0.416 e. The molecule has 0 radical (unpaired) electrons. The lowest BCUT2D eigenvalue weighted by atomic mass is 9.83. The average Bonchev–Trinajstić information content (AvgIpc) is 3.59. The number of nitrogens with one attached hydrogen (secondary N) is 1. The summed E-state index contributed by atoms with van der Waals surface area (Å²) in [7, 11) is 0. The quantitative estimate of drug-likeness (QED) is 0.288. The second-order valence-electron chi connectivity index (χ2n) is 13.6. The fourth-order valence-corrected chi connectivity index (χ4v) is 7.03. The molecule has 3 amide bonds. The summed E-state index contributed by atoms with van der Waals surface area (Å²) >= 11 is 0. The molecule has 0 aromatic heterocycles. The fraction of sp³-hybridized carbons (Fsp3) is 0.514. The molecule has 3 aliphatic heterocycles. The molecule has 3 aliphatic rings. The van der Waals surface area contributed by atoms with Crippen molar-refractivity contribution in [2.75, 3.05) is 0 Å². The molecule has 1 N–H and O–H groups in total. The van der Waals surface area contributed by atoms with Crippen LogP contribution in [-0.4, -0.2) is 69.6 Å². The summed E-state index contributed by atoms with van der Waals surface area (Å²) in [6, 6.07) is 10.3. The number of carbonyl (C=O) groups excluding carboxylic acids is 4. The van der Waals surface area contributed by atoms with Crippen molar-refractivity contribution in [3.05, 3.63) is 82.7 Å². The zero-order valence-electron chi connectivity index (χ0n) is 27.0. The van der Waals surface area contributed by atoms with Gasteiger partial charge in [-0.05, 0) is 88.6 Å². The van der Waals surface area contributed by atoms with Crippen LogP contribution in [0.15, 0.2) is 54.6 Å². The highest BCUT2D eigenvalue weighted by molar-refractivity contribution is 5.95. The third-order valence-corrected chi connectivity index (χ3v) is 9.13. The minimum atomic E-state index is -4.53. The van der Waals surface area contributed by atoms with Gasteiger partial charge in [0.1, 0.15) is 24.3 Å². The minimum Gasteiger partial charge on any atom is -0.459 e. The van der Waals surface area contributed by atoms with Gasteiger partial charge in [-0.2, -0.15) is 13.2 Å². The summed E-state index contributed by atoms with van der Waals surface area (Å²) in [5.41, 5.74) is -0.824. The zero-order chi connectivity index (χ0) is 34.8. The molecule has 13 heteroatoms. The molecule has 3 saturated heterocycles. The molecule has 2 aromatic rings. The van der Waals surface area contributed by atoms with Gasteiger partial charge in [0, 0.05) is 24.1 Å². The Labute approximate surface area is 277 Å². The van der Waals surface area contributed by atoms with Crippen LogP contribution in [0.1, 0.15) is 80.8 Å². The second-order valence-corrected chi connectivity index (χ2v) is 13.6. The summed E-state index contributed by atoms with van der Waals surface area (Å²) in [5, 5.41) is 2.73. The molecule has 0 aliphatic carbocycles. The number of likely N-dealkylation sites (tertiary alicyclic amines) is 1. The van der Waals surface area contributed by atoms with E-state index in [0.29, 0.717) is 25.7 Å². The van der Waals surface area contributed by atoms with Crippen LogP contribution in [0, 0.1) is 12.5 Å². The topological polar surface area (TPSA) is 110 Å². The zero-order valence-corrected chi connectivity index (χ0v) is 27.0. The monoisotopic (exact) mass is 668 g/mol. The highest BCUT2D eigenvalue weighted by atomic mass is 19.4. The maximum atomic E-state index is 14.4. The first-order valence-electron chi connectivity index (χ1n) is 16.0. The molecular weight excluding hydrogens is 629 g/mol. The van der Waals surface area contributed by atoms with E-state index in [0.717, 1.165) is 17.7 Å². The predicted molar refractivity (Wildman–Crippen MR) is 167 cm³/mol. The van der Waals surface area contributed by atoms with Gasteiger partial charge < -0.3 is 19.7 Å². The lowest BCUT2D eigenvalue weighted by Crippen LogP contribution is -2.59. The number of hydrogen-bond donors (Lipinski definition) is 1. The van der Waals surface area contributed by atoms with Gasteiger partial charge in [0.05, 0.1) is 5.56 Å². The van der Waals surface area contributed by atoms with E-state index in [1.54, 1.807) is 37.8 Å². The number of benzene rings is 2. The van der Waals surface area contributed by atoms with Gasteiger partial charge in [-0.25, -0.2) is 16.2 Å². The first-order valence-corrected chi connectivity index (χ1v) is 16.0. The van der Waals surface area contributed by atoms with Crippen molar-refractivity contribution in [2.45, 2.75) is 108 Å². The standard InChI is InChI=1S/C35H39F3N4O6/c1-34(2,3)48-33(46)40-29(31(44)42-27(16-17-28(42)39-4)32(45)47-20-21-8-6-5-7-9-21)23-18-25-14-15-26(19-23)41(25)30(43)22-10-12-24(13-11-22)35(36,37)38/h5-13,23,25-29H,14-20H2,1-3H3,(H,40,46)/t23?,25?,26?,27-,28+,29-/m0/s1. The number of halogens is 3. The van der Waals surface area contributed by atoms with E-state index in [2.05, 4.69) is 10.2 Å². The van der Waals surface area contributed by atoms with Crippen molar-refractivity contribution in [3.63, 3.8) is 0 Å². The molecule has 5 atom stereocenters. The van der Waals surface area contributed by atoms with Crippen molar-refractivity contribution in [3.8, 4) is 0 Å². The maximum absolute atomic E-state index is 14.4. The fourth-order valence-electron chi connectivity index (χ4n) is 7.03. The predicted octanol–water partition coefficient (Wildman–Crippen LogP) is 5.96. The normalized spacial score (nSPS) is 24.4. The number of hydrogen-bond acceptors (Lipinski definition) is 6. The Morgan fingerprint density at radius 1 is 0.917 bits per heavy atom. The number of alkyl halides is 3. The molecule has 2 bridgehead atoms. The third kappa shape index (κ3) is 7.75. The number of alkyl carbamates (subject to hydrolysis) is 1. The number of fused-ring (bicyclic) bond motifs is 2. The number of carbonyl (C=O) groups is 4. The molecule has 5 rings (SSSR count). The Bertz CT molecular complexity index is 1540. The Balaban J connectivity index is 1.37. The lowest BCUT2D eigenvalue weighted by Gasteiger charge is -2.42. The van der Waals surface area contributed by atoms with E-state index >= 15 is 0 Å². The molecule has 2 aromatic carbocycles. The minimum absolute atomic E-state index is 0.00471. The van der Waals surface area contributed by atoms with Gasteiger partial charge in [-0.3, -0.25) is 19.3 Å². The van der Waals surface area contributed by atoms with E-state index in [9.17, 15) is 32.3 Å². The number of amides is 3. The number of esters is 1. The van der Waals surface area contributed by atoms with Crippen molar-refractivity contribution in [1.82, 2.24) is 15.1 Å². The van der Waals surface area contributed by atoms with E-state index < -0.39 is 65.4 Å². The summed E-state index contributed by atoms with van der Waals surface area (Å²) in [6.07, 6.45) is -3.97. The molecule has 3 heterocycles. The summed E-state index contributed by atoms with van der Waals surface area (Å²) in [5.74, 6) is -2.13. The molecule has 2 unspecified atom stereocenters. The summed E-state index contributed by atoms with van der Waals surface area (Å²) in [4.78, 5) is 60.9. The molecule has 3 fully saturated rings. The van der Waals surface area contributed by atoms with Gasteiger partial charge in [0.2, 0.25) is 0 Å². The van der Waals surface area contributed by atoms with Crippen molar-refractivity contribution in [2.24, 2.45) is 5.92 Å². The number of rotatable bonds is 7.